The Morgan fingerprint density at radius 2 is 0.600 bits per heavy atom. The number of hydrogen-bond acceptors (Lipinski definition) is 6. The molecule has 6 heteroatoms. The van der Waals surface area contributed by atoms with Gasteiger partial charge < -0.3 is 14.2 Å². The van der Waals surface area contributed by atoms with E-state index in [1.807, 2.05) is 0 Å². The van der Waals surface area contributed by atoms with Crippen LogP contribution in [0, 0.1) is 0 Å². The highest BCUT2D eigenvalue weighted by Crippen LogP contribution is 2.16. The smallest absolute Gasteiger partial charge is 0.306 e. The highest BCUT2D eigenvalue weighted by molar-refractivity contribution is 5.71. The Balaban J connectivity index is 4.40. The Morgan fingerprint density at radius 1 is 0.323 bits per heavy atom. The van der Waals surface area contributed by atoms with Crippen molar-refractivity contribution in [2.75, 3.05) is 13.2 Å². The summed E-state index contributed by atoms with van der Waals surface area (Å²) in [5, 5.41) is 0. The molecular weight excluding hydrogens is 805 g/mol. The molecule has 0 heterocycles. The molecule has 0 aliphatic rings. The van der Waals surface area contributed by atoms with Crippen molar-refractivity contribution < 1.29 is 28.6 Å². The highest BCUT2D eigenvalue weighted by atomic mass is 16.6. The fourth-order valence-electron chi connectivity index (χ4n) is 7.84. The molecule has 0 aliphatic heterocycles. The summed E-state index contributed by atoms with van der Waals surface area (Å²) >= 11 is 0. The molecule has 0 saturated carbocycles. The minimum Gasteiger partial charge on any atom is -0.462 e. The van der Waals surface area contributed by atoms with Gasteiger partial charge in [-0.3, -0.25) is 14.4 Å². The molecule has 376 valence electrons. The topological polar surface area (TPSA) is 78.9 Å². The number of ether oxygens (including phenoxy) is 3. The number of carbonyl (C=O) groups is 3. The van der Waals surface area contributed by atoms with Crippen LogP contribution >= 0.6 is 0 Å². The van der Waals surface area contributed by atoms with Gasteiger partial charge in [-0.15, -0.1) is 0 Å². The van der Waals surface area contributed by atoms with Gasteiger partial charge >= 0.3 is 17.9 Å². The Hall–Kier alpha value is -2.89. The van der Waals surface area contributed by atoms with Gasteiger partial charge in [0, 0.05) is 19.3 Å². The summed E-state index contributed by atoms with van der Waals surface area (Å²) < 4.78 is 16.8. The van der Waals surface area contributed by atoms with Crippen LogP contribution in [0.4, 0.5) is 0 Å². The SMILES string of the molecule is CC/C=C\C/C=C\C/C=C\CCCCCCCC(=O)O[C@H](COC(=O)CCCCCCC/C=C\C/C=C\CCCCC)COC(=O)CCCCCCCCCCCCCCCCCCC. The lowest BCUT2D eigenvalue weighted by atomic mass is 10.0. The van der Waals surface area contributed by atoms with E-state index >= 15 is 0 Å². The van der Waals surface area contributed by atoms with E-state index in [1.165, 1.54) is 122 Å². The zero-order valence-electron chi connectivity index (χ0n) is 43.0. The number of rotatable bonds is 50. The molecule has 0 saturated heterocycles. The summed E-state index contributed by atoms with van der Waals surface area (Å²) in [6.45, 7) is 6.50. The number of allylic oxidation sites excluding steroid dienone is 10. The molecule has 0 radical (unpaired) electrons. The first kappa shape index (κ1) is 62.1. The van der Waals surface area contributed by atoms with Crippen molar-refractivity contribution in [3.8, 4) is 0 Å². The Labute approximate surface area is 402 Å². The molecule has 0 rings (SSSR count). The van der Waals surface area contributed by atoms with Crippen LogP contribution in [0.5, 0.6) is 0 Å². The summed E-state index contributed by atoms with van der Waals surface area (Å²) in [4.78, 5) is 38.1. The van der Waals surface area contributed by atoms with Crippen LogP contribution < -0.4 is 0 Å². The normalized spacial score (nSPS) is 12.5. The van der Waals surface area contributed by atoms with Gasteiger partial charge in [-0.25, -0.2) is 0 Å². The first-order valence-electron chi connectivity index (χ1n) is 27.8. The van der Waals surface area contributed by atoms with E-state index < -0.39 is 6.10 Å². The van der Waals surface area contributed by atoms with Gasteiger partial charge in [-0.1, -0.05) is 236 Å². The van der Waals surface area contributed by atoms with Crippen molar-refractivity contribution >= 4 is 17.9 Å². The fraction of sp³-hybridized carbons (Fsp3) is 0.780. The monoisotopic (exact) mass is 909 g/mol. The second-order valence-electron chi connectivity index (χ2n) is 18.5. The van der Waals surface area contributed by atoms with E-state index in [0.717, 1.165) is 116 Å². The molecule has 0 unspecified atom stereocenters. The average molecular weight is 909 g/mol. The van der Waals surface area contributed by atoms with Crippen molar-refractivity contribution in [3.05, 3.63) is 60.8 Å². The fourth-order valence-corrected chi connectivity index (χ4v) is 7.84. The lowest BCUT2D eigenvalue weighted by Gasteiger charge is -2.18. The van der Waals surface area contributed by atoms with Gasteiger partial charge in [0.15, 0.2) is 6.10 Å². The first-order chi connectivity index (χ1) is 32.0. The van der Waals surface area contributed by atoms with E-state index in [-0.39, 0.29) is 31.1 Å². The van der Waals surface area contributed by atoms with Crippen LogP contribution in [0.2, 0.25) is 0 Å². The van der Waals surface area contributed by atoms with Gasteiger partial charge in [-0.05, 0) is 83.5 Å². The minimum atomic E-state index is -0.787. The number of hydrogen-bond donors (Lipinski definition) is 0. The zero-order chi connectivity index (χ0) is 47.2. The summed E-state index contributed by atoms with van der Waals surface area (Å²) in [6.07, 6.45) is 66.3. The van der Waals surface area contributed by atoms with Crippen molar-refractivity contribution in [2.45, 2.75) is 284 Å². The first-order valence-corrected chi connectivity index (χ1v) is 27.8. The van der Waals surface area contributed by atoms with Gasteiger partial charge in [0.2, 0.25) is 0 Å². The molecule has 0 spiro atoms. The second kappa shape index (κ2) is 53.7. The maximum Gasteiger partial charge on any atom is 0.306 e. The second-order valence-corrected chi connectivity index (χ2v) is 18.5. The highest BCUT2D eigenvalue weighted by Gasteiger charge is 2.19. The molecule has 0 aromatic heterocycles. The standard InChI is InChI=1S/C59H104O6/c1-4-7-10-13-16-19-22-25-28-29-32-34-37-40-43-46-49-52-58(61)64-55-56(65-59(62)53-50-47-44-41-38-35-31-27-24-21-18-15-12-9-6-3)54-63-57(60)51-48-45-42-39-36-33-30-26-23-20-17-14-11-8-5-2/h9,12,17-18,20-21,26-27,30-31,56H,4-8,10-11,13-16,19,22-25,28-29,32-55H2,1-3H3/b12-9-,20-17-,21-18-,30-26-,31-27-/t56-/m1/s1. The molecule has 0 aliphatic carbocycles. The van der Waals surface area contributed by atoms with Crippen LogP contribution in [0.15, 0.2) is 60.8 Å². The predicted molar refractivity (Wildman–Crippen MR) is 279 cm³/mol. The maximum absolute atomic E-state index is 12.8. The summed E-state index contributed by atoms with van der Waals surface area (Å²) in [7, 11) is 0. The molecule has 65 heavy (non-hydrogen) atoms. The van der Waals surface area contributed by atoms with Gasteiger partial charge in [-0.2, -0.15) is 0 Å². The van der Waals surface area contributed by atoms with Gasteiger partial charge in [0.1, 0.15) is 13.2 Å². The summed E-state index contributed by atoms with van der Waals surface area (Å²) in [5.74, 6) is -0.905. The zero-order valence-corrected chi connectivity index (χ0v) is 43.0. The third-order valence-corrected chi connectivity index (χ3v) is 12.0. The Bertz CT molecular complexity index is 1180. The van der Waals surface area contributed by atoms with E-state index in [1.54, 1.807) is 0 Å². The largest absolute Gasteiger partial charge is 0.462 e. The van der Waals surface area contributed by atoms with Crippen LogP contribution in [-0.2, 0) is 28.6 Å². The molecule has 0 amide bonds. The van der Waals surface area contributed by atoms with Crippen molar-refractivity contribution in [2.24, 2.45) is 0 Å². The molecule has 1 atom stereocenters. The maximum atomic E-state index is 12.8. The third kappa shape index (κ3) is 51.9. The molecule has 0 aromatic rings. The Kier molecular flexibility index (Phi) is 51.3. The summed E-state index contributed by atoms with van der Waals surface area (Å²) in [5.41, 5.74) is 0. The number of carbonyl (C=O) groups excluding carboxylic acids is 3. The van der Waals surface area contributed by atoms with E-state index in [9.17, 15) is 14.4 Å². The third-order valence-electron chi connectivity index (χ3n) is 12.0. The molecular formula is C59H104O6. The van der Waals surface area contributed by atoms with E-state index in [0.29, 0.717) is 19.3 Å². The molecule has 0 bridgehead atoms. The van der Waals surface area contributed by atoms with Crippen molar-refractivity contribution in [3.63, 3.8) is 0 Å². The number of unbranched alkanes of at least 4 members (excludes halogenated alkanes) is 29. The van der Waals surface area contributed by atoms with Crippen LogP contribution in [0.1, 0.15) is 278 Å². The quantitative estimate of drug-likeness (QED) is 0.0262. The molecule has 0 N–H and O–H groups in total. The minimum absolute atomic E-state index is 0.0836. The number of esters is 3. The molecule has 6 nitrogen and oxygen atoms in total. The lowest BCUT2D eigenvalue weighted by molar-refractivity contribution is -0.167. The predicted octanol–water partition coefficient (Wildman–Crippen LogP) is 18.4. The van der Waals surface area contributed by atoms with Gasteiger partial charge in [0.05, 0.1) is 0 Å². The average Bonchev–Trinajstić information content (AvgIpc) is 3.30. The van der Waals surface area contributed by atoms with Crippen LogP contribution in [-0.4, -0.2) is 37.2 Å². The molecule has 0 aromatic carbocycles. The van der Waals surface area contributed by atoms with E-state index in [2.05, 4.69) is 81.5 Å². The Morgan fingerprint density at radius 3 is 0.969 bits per heavy atom. The lowest BCUT2D eigenvalue weighted by Crippen LogP contribution is -2.30. The van der Waals surface area contributed by atoms with Crippen LogP contribution in [0.3, 0.4) is 0 Å². The van der Waals surface area contributed by atoms with Crippen LogP contribution in [0.25, 0.3) is 0 Å². The molecule has 0 fully saturated rings. The van der Waals surface area contributed by atoms with Crippen molar-refractivity contribution in [1.29, 1.82) is 0 Å². The summed E-state index contributed by atoms with van der Waals surface area (Å²) in [6, 6.07) is 0. The van der Waals surface area contributed by atoms with E-state index in [4.69, 9.17) is 14.2 Å². The van der Waals surface area contributed by atoms with Gasteiger partial charge in [0.25, 0.3) is 0 Å². The van der Waals surface area contributed by atoms with Crippen molar-refractivity contribution in [1.82, 2.24) is 0 Å².